The Labute approximate surface area is 187 Å². The fourth-order valence-corrected chi connectivity index (χ4v) is 5.39. The second-order valence-electron chi connectivity index (χ2n) is 6.66. The van der Waals surface area contributed by atoms with Crippen LogP contribution in [0.2, 0.25) is 4.34 Å². The molecule has 1 saturated heterocycles. The maximum absolute atomic E-state index is 13.4. The first-order valence-corrected chi connectivity index (χ1v) is 11.5. The molecule has 0 saturated carbocycles. The van der Waals surface area contributed by atoms with Crippen LogP contribution in [0.1, 0.15) is 9.67 Å². The highest BCUT2D eigenvalue weighted by atomic mass is 35.5. The number of methoxy groups -OCH3 is 2. The quantitative estimate of drug-likeness (QED) is 0.523. The number of halogens is 1. The fraction of sp³-hybridized carbons (Fsp3) is 0.400. The second kappa shape index (κ2) is 9.49. The molecule has 0 bridgehead atoms. The van der Waals surface area contributed by atoms with Gasteiger partial charge in [0.05, 0.1) is 36.6 Å². The first kappa shape index (κ1) is 21.3. The van der Waals surface area contributed by atoms with E-state index in [0.717, 1.165) is 24.3 Å². The average Bonchev–Trinajstić information content (AvgIpc) is 3.40. The predicted molar refractivity (Wildman–Crippen MR) is 121 cm³/mol. The molecule has 10 heteroatoms. The van der Waals surface area contributed by atoms with E-state index in [4.69, 9.17) is 30.8 Å². The van der Waals surface area contributed by atoms with Crippen LogP contribution in [0, 0.1) is 0 Å². The third-order valence-corrected chi connectivity index (χ3v) is 7.21. The molecule has 3 aromatic rings. The number of fused-ring (bicyclic) bond motifs is 1. The fourth-order valence-electron chi connectivity index (χ4n) is 3.30. The Balaban J connectivity index is 1.69. The van der Waals surface area contributed by atoms with Crippen molar-refractivity contribution in [2.75, 3.05) is 58.5 Å². The number of benzene rings is 1. The van der Waals surface area contributed by atoms with Crippen molar-refractivity contribution in [3.05, 3.63) is 33.5 Å². The third-order valence-electron chi connectivity index (χ3n) is 4.90. The average molecular weight is 468 g/mol. The van der Waals surface area contributed by atoms with Crippen molar-refractivity contribution in [3.8, 4) is 11.5 Å². The summed E-state index contributed by atoms with van der Waals surface area (Å²) in [5.74, 6) is 1.24. The molecule has 160 valence electrons. The van der Waals surface area contributed by atoms with E-state index >= 15 is 0 Å². The summed E-state index contributed by atoms with van der Waals surface area (Å²) >= 11 is 8.77. The number of nitrogens with zero attached hydrogens (tertiary/aromatic N) is 3. The van der Waals surface area contributed by atoms with Crippen molar-refractivity contribution < 1.29 is 19.0 Å². The standard InChI is InChI=1S/C20H22ClN3O4S2/c1-26-13-3-4-14(27-2)18-17(13)22-20(30-18)24(8-7-23-9-11-28-12-10-23)19(25)15-5-6-16(21)29-15/h3-6H,7-12H2,1-2H3. The Morgan fingerprint density at radius 1 is 1.17 bits per heavy atom. The minimum atomic E-state index is -0.114. The normalized spacial score (nSPS) is 14.8. The molecule has 0 unspecified atom stereocenters. The molecule has 0 aliphatic carbocycles. The van der Waals surface area contributed by atoms with Crippen molar-refractivity contribution in [2.24, 2.45) is 0 Å². The Bertz CT molecular complexity index is 991. The second-order valence-corrected chi connectivity index (χ2v) is 9.35. The molecule has 0 spiro atoms. The molecule has 1 fully saturated rings. The minimum Gasteiger partial charge on any atom is -0.495 e. The van der Waals surface area contributed by atoms with Gasteiger partial charge in [0.15, 0.2) is 5.13 Å². The SMILES string of the molecule is COc1ccc(OC)c2sc(N(CCN3CCOCC3)C(=O)c3ccc(Cl)s3)nc12. The molecule has 0 radical (unpaired) electrons. The molecule has 1 aliphatic rings. The number of anilines is 1. The molecular weight excluding hydrogens is 446 g/mol. The third kappa shape index (κ3) is 4.40. The topological polar surface area (TPSA) is 64.1 Å². The lowest BCUT2D eigenvalue weighted by Gasteiger charge is -2.29. The van der Waals surface area contributed by atoms with E-state index in [2.05, 4.69) is 4.90 Å². The lowest BCUT2D eigenvalue weighted by molar-refractivity contribution is 0.0391. The molecule has 1 aliphatic heterocycles. The van der Waals surface area contributed by atoms with Crippen LogP contribution in [0.4, 0.5) is 5.13 Å². The van der Waals surface area contributed by atoms with E-state index < -0.39 is 0 Å². The molecular formula is C20H22ClN3O4S2. The van der Waals surface area contributed by atoms with Gasteiger partial charge in [0.1, 0.15) is 21.7 Å². The van der Waals surface area contributed by atoms with Gasteiger partial charge >= 0.3 is 0 Å². The molecule has 2 aromatic heterocycles. The van der Waals surface area contributed by atoms with Crippen LogP contribution in [-0.4, -0.2) is 69.4 Å². The predicted octanol–water partition coefficient (Wildman–Crippen LogP) is 4.01. The number of carbonyl (C=O) groups excluding carboxylic acids is 1. The molecule has 1 aromatic carbocycles. The van der Waals surface area contributed by atoms with E-state index in [1.807, 2.05) is 12.1 Å². The maximum atomic E-state index is 13.4. The van der Waals surface area contributed by atoms with E-state index in [9.17, 15) is 4.79 Å². The van der Waals surface area contributed by atoms with Gasteiger partial charge in [0.25, 0.3) is 5.91 Å². The van der Waals surface area contributed by atoms with E-state index in [0.29, 0.717) is 51.1 Å². The Kier molecular flexibility index (Phi) is 6.74. The number of amides is 1. The number of thiazole rings is 1. The molecule has 3 heterocycles. The van der Waals surface area contributed by atoms with Crippen LogP contribution in [0.5, 0.6) is 11.5 Å². The number of ether oxygens (including phenoxy) is 3. The molecule has 4 rings (SSSR count). The van der Waals surface area contributed by atoms with Crippen molar-refractivity contribution >= 4 is 55.5 Å². The van der Waals surface area contributed by atoms with Crippen LogP contribution >= 0.6 is 34.3 Å². The highest BCUT2D eigenvalue weighted by Crippen LogP contribution is 2.40. The summed E-state index contributed by atoms with van der Waals surface area (Å²) < 4.78 is 17.8. The summed E-state index contributed by atoms with van der Waals surface area (Å²) in [6, 6.07) is 7.17. The van der Waals surface area contributed by atoms with Gasteiger partial charge in [0.2, 0.25) is 0 Å². The van der Waals surface area contributed by atoms with E-state index in [1.165, 1.54) is 22.7 Å². The van der Waals surface area contributed by atoms with Crippen LogP contribution in [0.3, 0.4) is 0 Å². The van der Waals surface area contributed by atoms with Crippen LogP contribution in [0.15, 0.2) is 24.3 Å². The van der Waals surface area contributed by atoms with Crippen molar-refractivity contribution in [1.82, 2.24) is 9.88 Å². The first-order valence-electron chi connectivity index (χ1n) is 9.49. The Hall–Kier alpha value is -1.91. The smallest absolute Gasteiger partial charge is 0.270 e. The number of hydrogen-bond donors (Lipinski definition) is 0. The number of aromatic nitrogens is 1. The van der Waals surface area contributed by atoms with Gasteiger partial charge in [-0.3, -0.25) is 14.6 Å². The molecule has 0 N–H and O–H groups in total. The molecule has 1 amide bonds. The first-order chi connectivity index (χ1) is 14.6. The van der Waals surface area contributed by atoms with E-state index in [-0.39, 0.29) is 5.91 Å². The van der Waals surface area contributed by atoms with Crippen molar-refractivity contribution in [2.45, 2.75) is 0 Å². The monoisotopic (exact) mass is 467 g/mol. The van der Waals surface area contributed by atoms with Gasteiger partial charge in [-0.15, -0.1) is 11.3 Å². The molecule has 30 heavy (non-hydrogen) atoms. The molecule has 0 atom stereocenters. The highest BCUT2D eigenvalue weighted by molar-refractivity contribution is 7.23. The van der Waals surface area contributed by atoms with Gasteiger partial charge in [-0.25, -0.2) is 4.98 Å². The van der Waals surface area contributed by atoms with Crippen LogP contribution < -0.4 is 14.4 Å². The summed E-state index contributed by atoms with van der Waals surface area (Å²) in [5, 5.41) is 0.607. The number of hydrogen-bond acceptors (Lipinski definition) is 8. The van der Waals surface area contributed by atoms with Crippen LogP contribution in [0.25, 0.3) is 10.2 Å². The minimum absolute atomic E-state index is 0.114. The summed E-state index contributed by atoms with van der Waals surface area (Å²) in [5.41, 5.74) is 0.685. The largest absolute Gasteiger partial charge is 0.495 e. The zero-order valence-corrected chi connectivity index (χ0v) is 19.1. The zero-order valence-electron chi connectivity index (χ0n) is 16.7. The summed E-state index contributed by atoms with van der Waals surface area (Å²) in [6.07, 6.45) is 0. The number of morpholine rings is 1. The number of rotatable bonds is 7. The van der Waals surface area contributed by atoms with Crippen LogP contribution in [-0.2, 0) is 4.74 Å². The zero-order chi connectivity index (χ0) is 21.1. The highest BCUT2D eigenvalue weighted by Gasteiger charge is 2.25. The van der Waals surface area contributed by atoms with Crippen molar-refractivity contribution in [3.63, 3.8) is 0 Å². The lowest BCUT2D eigenvalue weighted by Crippen LogP contribution is -2.43. The Morgan fingerprint density at radius 2 is 1.90 bits per heavy atom. The van der Waals surface area contributed by atoms with Gasteiger partial charge in [-0.1, -0.05) is 22.9 Å². The summed E-state index contributed by atoms with van der Waals surface area (Å²) in [4.78, 5) is 22.7. The summed E-state index contributed by atoms with van der Waals surface area (Å²) in [7, 11) is 3.23. The number of carbonyl (C=O) groups is 1. The van der Waals surface area contributed by atoms with Gasteiger partial charge in [-0.2, -0.15) is 0 Å². The molecule has 7 nitrogen and oxygen atoms in total. The number of thiophene rings is 1. The van der Waals surface area contributed by atoms with Gasteiger partial charge in [-0.05, 0) is 24.3 Å². The summed E-state index contributed by atoms with van der Waals surface area (Å²) in [6.45, 7) is 4.38. The van der Waals surface area contributed by atoms with Crippen molar-refractivity contribution in [1.29, 1.82) is 0 Å². The van der Waals surface area contributed by atoms with Gasteiger partial charge in [0, 0.05) is 26.2 Å². The Morgan fingerprint density at radius 3 is 2.57 bits per heavy atom. The van der Waals surface area contributed by atoms with E-state index in [1.54, 1.807) is 31.3 Å². The van der Waals surface area contributed by atoms with Gasteiger partial charge < -0.3 is 14.2 Å². The lowest BCUT2D eigenvalue weighted by atomic mass is 10.3. The maximum Gasteiger partial charge on any atom is 0.270 e.